The number of carbonyl (C=O) groups is 2. The lowest BCUT2D eigenvalue weighted by atomic mass is 10.1. The standard InChI is InChI=1S/C19H24ClNO5/c1-4-5-10-26-11-6-9-21-18(22)16(17(20)19(21)23)13-7-8-14(24-2)15(12-13)25-3/h7-8,12H,4-6,9-11H2,1-3H3. The van der Waals surface area contributed by atoms with Gasteiger partial charge in [0.25, 0.3) is 11.8 Å². The van der Waals surface area contributed by atoms with Gasteiger partial charge in [-0.25, -0.2) is 0 Å². The summed E-state index contributed by atoms with van der Waals surface area (Å²) in [5.74, 6) is 0.117. The van der Waals surface area contributed by atoms with Crippen LogP contribution in [0.25, 0.3) is 5.57 Å². The third-order valence-electron chi connectivity index (χ3n) is 4.10. The second-order valence-corrected chi connectivity index (χ2v) is 6.22. The van der Waals surface area contributed by atoms with Crippen molar-refractivity contribution in [2.24, 2.45) is 0 Å². The van der Waals surface area contributed by atoms with E-state index in [0.717, 1.165) is 17.7 Å². The van der Waals surface area contributed by atoms with Crippen LogP contribution in [0.15, 0.2) is 23.2 Å². The van der Waals surface area contributed by atoms with Crippen LogP contribution < -0.4 is 9.47 Å². The molecular formula is C19H24ClNO5. The van der Waals surface area contributed by atoms with E-state index in [0.29, 0.717) is 36.7 Å². The molecule has 1 aliphatic rings. The van der Waals surface area contributed by atoms with E-state index in [2.05, 4.69) is 6.92 Å². The van der Waals surface area contributed by atoms with E-state index < -0.39 is 11.8 Å². The molecule has 2 rings (SSSR count). The van der Waals surface area contributed by atoms with Crippen LogP contribution in [-0.4, -0.2) is 50.7 Å². The molecule has 1 aliphatic heterocycles. The minimum atomic E-state index is -0.477. The molecule has 0 aliphatic carbocycles. The highest BCUT2D eigenvalue weighted by molar-refractivity contribution is 6.55. The second-order valence-electron chi connectivity index (χ2n) is 5.84. The normalized spacial score (nSPS) is 14.4. The number of carbonyl (C=O) groups excluding carboxylic acids is 2. The average molecular weight is 382 g/mol. The van der Waals surface area contributed by atoms with Crippen molar-refractivity contribution in [1.29, 1.82) is 0 Å². The number of nitrogens with zero attached hydrogens (tertiary/aromatic N) is 1. The molecule has 0 bridgehead atoms. The van der Waals surface area contributed by atoms with E-state index in [1.807, 2.05) is 0 Å². The highest BCUT2D eigenvalue weighted by Gasteiger charge is 2.38. The number of amides is 2. The van der Waals surface area contributed by atoms with Crippen molar-refractivity contribution >= 4 is 29.0 Å². The Morgan fingerprint density at radius 2 is 1.69 bits per heavy atom. The SMILES string of the molecule is CCCCOCCCN1C(=O)C(Cl)=C(c2ccc(OC)c(OC)c2)C1=O. The van der Waals surface area contributed by atoms with E-state index in [9.17, 15) is 9.59 Å². The number of benzene rings is 1. The zero-order valence-electron chi connectivity index (χ0n) is 15.3. The molecule has 1 aromatic carbocycles. The predicted molar refractivity (Wildman–Crippen MR) is 99.4 cm³/mol. The minimum absolute atomic E-state index is 0.0749. The first-order chi connectivity index (χ1) is 12.5. The molecular weight excluding hydrogens is 358 g/mol. The Kier molecular flexibility index (Phi) is 7.48. The first-order valence-electron chi connectivity index (χ1n) is 8.61. The Labute approximate surface area is 158 Å². The molecule has 0 atom stereocenters. The third-order valence-corrected chi connectivity index (χ3v) is 4.45. The van der Waals surface area contributed by atoms with Gasteiger partial charge in [0, 0.05) is 19.8 Å². The maximum absolute atomic E-state index is 12.7. The van der Waals surface area contributed by atoms with Crippen molar-refractivity contribution in [1.82, 2.24) is 4.90 Å². The van der Waals surface area contributed by atoms with Crippen molar-refractivity contribution < 1.29 is 23.8 Å². The molecule has 0 unspecified atom stereocenters. The van der Waals surface area contributed by atoms with Crippen molar-refractivity contribution in [3.05, 3.63) is 28.8 Å². The molecule has 0 aromatic heterocycles. The van der Waals surface area contributed by atoms with Crippen molar-refractivity contribution in [3.63, 3.8) is 0 Å². The Morgan fingerprint density at radius 3 is 2.35 bits per heavy atom. The highest BCUT2D eigenvalue weighted by atomic mass is 35.5. The van der Waals surface area contributed by atoms with Crippen molar-refractivity contribution in [3.8, 4) is 11.5 Å². The molecule has 7 heteroatoms. The van der Waals surface area contributed by atoms with Crippen LogP contribution in [0.3, 0.4) is 0 Å². The maximum Gasteiger partial charge on any atom is 0.273 e. The van der Waals surface area contributed by atoms with E-state index in [1.165, 1.54) is 14.2 Å². The molecule has 0 fully saturated rings. The number of unbranched alkanes of at least 4 members (excludes halogenated alkanes) is 1. The molecule has 26 heavy (non-hydrogen) atoms. The zero-order chi connectivity index (χ0) is 19.1. The van der Waals surface area contributed by atoms with Gasteiger partial charge in [0.05, 0.1) is 19.8 Å². The number of rotatable bonds is 10. The largest absolute Gasteiger partial charge is 0.493 e. The number of hydrogen-bond acceptors (Lipinski definition) is 5. The molecule has 6 nitrogen and oxygen atoms in total. The zero-order valence-corrected chi connectivity index (χ0v) is 16.1. The second kappa shape index (κ2) is 9.59. The molecule has 1 heterocycles. The van der Waals surface area contributed by atoms with Crippen LogP contribution in [0.5, 0.6) is 11.5 Å². The summed E-state index contributed by atoms with van der Waals surface area (Å²) in [6, 6.07) is 4.99. The van der Waals surface area contributed by atoms with Gasteiger partial charge in [-0.05, 0) is 30.5 Å². The fraction of sp³-hybridized carbons (Fsp3) is 0.474. The van der Waals surface area contributed by atoms with Gasteiger partial charge in [-0.15, -0.1) is 0 Å². The molecule has 1 aromatic rings. The van der Waals surface area contributed by atoms with Gasteiger partial charge in [-0.2, -0.15) is 0 Å². The molecule has 0 radical (unpaired) electrons. The Bertz CT molecular complexity index is 701. The fourth-order valence-corrected chi connectivity index (χ4v) is 2.96. The first-order valence-corrected chi connectivity index (χ1v) is 8.99. The number of hydrogen-bond donors (Lipinski definition) is 0. The molecule has 0 N–H and O–H groups in total. The van der Waals surface area contributed by atoms with E-state index >= 15 is 0 Å². The summed E-state index contributed by atoms with van der Waals surface area (Å²) < 4.78 is 15.9. The van der Waals surface area contributed by atoms with Gasteiger partial charge < -0.3 is 14.2 Å². The van der Waals surface area contributed by atoms with Gasteiger partial charge in [-0.3, -0.25) is 14.5 Å². The van der Waals surface area contributed by atoms with Crippen LogP contribution >= 0.6 is 11.6 Å². The summed E-state index contributed by atoms with van der Waals surface area (Å²) in [7, 11) is 3.03. The Morgan fingerprint density at radius 1 is 1.00 bits per heavy atom. The van der Waals surface area contributed by atoms with E-state index in [1.54, 1.807) is 18.2 Å². The maximum atomic E-state index is 12.7. The van der Waals surface area contributed by atoms with Gasteiger partial charge in [0.2, 0.25) is 0 Å². The van der Waals surface area contributed by atoms with Gasteiger partial charge in [0.15, 0.2) is 11.5 Å². The van der Waals surface area contributed by atoms with Crippen LogP contribution in [0.1, 0.15) is 31.7 Å². The molecule has 142 valence electrons. The Balaban J connectivity index is 2.08. The number of imide groups is 1. The molecule has 2 amide bonds. The summed E-state index contributed by atoms with van der Waals surface area (Å²) in [4.78, 5) is 26.2. The molecule has 0 saturated heterocycles. The Hall–Kier alpha value is -2.05. The lowest BCUT2D eigenvalue weighted by Crippen LogP contribution is -2.32. The number of halogens is 1. The predicted octanol–water partition coefficient (Wildman–Crippen LogP) is 3.23. The summed E-state index contributed by atoms with van der Waals surface area (Å²) in [5, 5.41) is -0.0749. The quantitative estimate of drug-likeness (QED) is 0.460. The van der Waals surface area contributed by atoms with Crippen molar-refractivity contribution in [2.75, 3.05) is 34.0 Å². The van der Waals surface area contributed by atoms with Crippen LogP contribution in [0.2, 0.25) is 0 Å². The summed E-state index contributed by atoms with van der Waals surface area (Å²) in [6.07, 6.45) is 2.64. The smallest absolute Gasteiger partial charge is 0.273 e. The van der Waals surface area contributed by atoms with Crippen LogP contribution in [0.4, 0.5) is 0 Å². The minimum Gasteiger partial charge on any atom is -0.493 e. The van der Waals surface area contributed by atoms with Crippen molar-refractivity contribution in [2.45, 2.75) is 26.2 Å². The topological polar surface area (TPSA) is 65.1 Å². The van der Waals surface area contributed by atoms with E-state index in [-0.39, 0.29) is 17.2 Å². The highest BCUT2D eigenvalue weighted by Crippen LogP contribution is 2.36. The molecule has 0 saturated carbocycles. The van der Waals surface area contributed by atoms with Crippen LogP contribution in [0, 0.1) is 0 Å². The van der Waals surface area contributed by atoms with E-state index in [4.69, 9.17) is 25.8 Å². The number of ether oxygens (including phenoxy) is 3. The number of methoxy groups -OCH3 is 2. The average Bonchev–Trinajstić information content (AvgIpc) is 2.87. The van der Waals surface area contributed by atoms with Gasteiger partial charge in [-0.1, -0.05) is 31.0 Å². The monoisotopic (exact) mass is 381 g/mol. The summed E-state index contributed by atoms with van der Waals surface area (Å²) in [6.45, 7) is 3.56. The van der Waals surface area contributed by atoms with Gasteiger partial charge in [0.1, 0.15) is 5.03 Å². The van der Waals surface area contributed by atoms with Gasteiger partial charge >= 0.3 is 0 Å². The lowest BCUT2D eigenvalue weighted by molar-refractivity contribution is -0.136. The molecule has 0 spiro atoms. The third kappa shape index (κ3) is 4.37. The van der Waals surface area contributed by atoms with Crippen LogP contribution in [-0.2, 0) is 14.3 Å². The first kappa shape index (κ1) is 20.3. The summed E-state index contributed by atoms with van der Waals surface area (Å²) >= 11 is 6.17. The fourth-order valence-electron chi connectivity index (χ4n) is 2.66. The summed E-state index contributed by atoms with van der Waals surface area (Å²) in [5.41, 5.74) is 0.706. The lowest BCUT2D eigenvalue weighted by Gasteiger charge is -2.15.